The average molecular weight is 414 g/mol. The minimum atomic E-state index is -0.146. The summed E-state index contributed by atoms with van der Waals surface area (Å²) < 4.78 is 0. The lowest BCUT2D eigenvalue weighted by Gasteiger charge is -2.26. The van der Waals surface area contributed by atoms with Crippen molar-refractivity contribution >= 4 is 23.2 Å². The number of likely N-dealkylation sites (tertiary alicyclic amines) is 1. The Bertz CT molecular complexity index is 1030. The number of hydrogen-bond acceptors (Lipinski definition) is 3. The first-order chi connectivity index (χ1) is 15.2. The Hall–Kier alpha value is -3.60. The molecule has 1 heterocycles. The molecule has 2 N–H and O–H groups in total. The van der Waals surface area contributed by atoms with Crippen molar-refractivity contribution in [2.75, 3.05) is 18.4 Å². The zero-order chi connectivity index (χ0) is 21.5. The monoisotopic (exact) mass is 413 g/mol. The van der Waals surface area contributed by atoms with Gasteiger partial charge in [-0.1, -0.05) is 42.5 Å². The molecule has 2 amide bonds. The fourth-order valence-corrected chi connectivity index (χ4v) is 3.79. The summed E-state index contributed by atoms with van der Waals surface area (Å²) in [5.74, 6) is -0.0521. The van der Waals surface area contributed by atoms with Gasteiger partial charge in [0.1, 0.15) is 0 Å². The van der Waals surface area contributed by atoms with Crippen LogP contribution in [-0.2, 0) is 6.54 Å². The molecule has 158 valence electrons. The number of rotatable bonds is 6. The van der Waals surface area contributed by atoms with Crippen LogP contribution in [0.15, 0.2) is 78.9 Å². The van der Waals surface area contributed by atoms with Gasteiger partial charge in [0.2, 0.25) is 0 Å². The first-order valence-electron chi connectivity index (χ1n) is 10.8. The fourth-order valence-electron chi connectivity index (χ4n) is 3.79. The Morgan fingerprint density at radius 2 is 1.45 bits per heavy atom. The summed E-state index contributed by atoms with van der Waals surface area (Å²) in [4.78, 5) is 27.3. The van der Waals surface area contributed by atoms with Crippen molar-refractivity contribution in [3.8, 4) is 0 Å². The molecule has 31 heavy (non-hydrogen) atoms. The standard InChI is InChI=1S/C26H27N3O2/c30-25(23-11-5-6-12-24(23)28-22-9-3-1-4-10-22)27-19-20-13-15-21(16-14-20)26(31)29-17-7-2-8-18-29/h1,3-6,9-16,28H,2,7-8,17-19H2,(H,27,30). The summed E-state index contributed by atoms with van der Waals surface area (Å²) in [7, 11) is 0. The molecule has 0 atom stereocenters. The first-order valence-corrected chi connectivity index (χ1v) is 10.8. The molecule has 4 rings (SSSR count). The fraction of sp³-hybridized carbons (Fsp3) is 0.231. The Balaban J connectivity index is 1.37. The van der Waals surface area contributed by atoms with E-state index in [0.717, 1.165) is 42.9 Å². The van der Waals surface area contributed by atoms with Crippen LogP contribution in [0.25, 0.3) is 0 Å². The molecular formula is C26H27N3O2. The molecule has 5 heteroatoms. The zero-order valence-corrected chi connectivity index (χ0v) is 17.5. The number of para-hydroxylation sites is 2. The van der Waals surface area contributed by atoms with Gasteiger partial charge in [-0.25, -0.2) is 0 Å². The molecule has 1 aliphatic rings. The van der Waals surface area contributed by atoms with Gasteiger partial charge < -0.3 is 15.5 Å². The van der Waals surface area contributed by atoms with Crippen LogP contribution in [0.3, 0.4) is 0 Å². The van der Waals surface area contributed by atoms with E-state index in [2.05, 4.69) is 10.6 Å². The van der Waals surface area contributed by atoms with Crippen LogP contribution < -0.4 is 10.6 Å². The molecule has 0 radical (unpaired) electrons. The van der Waals surface area contributed by atoms with Crippen LogP contribution in [0.4, 0.5) is 11.4 Å². The maximum atomic E-state index is 12.8. The van der Waals surface area contributed by atoms with E-state index in [4.69, 9.17) is 0 Å². The number of carbonyl (C=O) groups excluding carboxylic acids is 2. The molecule has 0 bridgehead atoms. The van der Waals surface area contributed by atoms with Crippen molar-refractivity contribution in [3.05, 3.63) is 95.6 Å². The zero-order valence-electron chi connectivity index (χ0n) is 17.5. The molecule has 1 saturated heterocycles. The minimum absolute atomic E-state index is 0.0937. The van der Waals surface area contributed by atoms with E-state index >= 15 is 0 Å². The van der Waals surface area contributed by atoms with Crippen LogP contribution in [0.2, 0.25) is 0 Å². The molecule has 0 spiro atoms. The number of hydrogen-bond donors (Lipinski definition) is 2. The SMILES string of the molecule is O=C(NCc1ccc(C(=O)N2CCCCC2)cc1)c1ccccc1Nc1ccccc1. The highest BCUT2D eigenvalue weighted by Gasteiger charge is 2.18. The number of amides is 2. The highest BCUT2D eigenvalue weighted by Crippen LogP contribution is 2.21. The Kier molecular flexibility index (Phi) is 6.62. The van der Waals surface area contributed by atoms with Crippen molar-refractivity contribution in [2.24, 2.45) is 0 Å². The molecule has 0 saturated carbocycles. The normalized spacial score (nSPS) is 13.5. The lowest BCUT2D eigenvalue weighted by molar-refractivity contribution is 0.0724. The number of anilines is 2. The number of piperidine rings is 1. The summed E-state index contributed by atoms with van der Waals surface area (Å²) in [5, 5.41) is 6.28. The second kappa shape index (κ2) is 9.94. The molecule has 1 fully saturated rings. The van der Waals surface area contributed by atoms with Gasteiger partial charge in [-0.3, -0.25) is 9.59 Å². The Morgan fingerprint density at radius 3 is 2.19 bits per heavy atom. The van der Waals surface area contributed by atoms with Gasteiger partial charge in [-0.15, -0.1) is 0 Å². The molecule has 3 aromatic carbocycles. The van der Waals surface area contributed by atoms with Gasteiger partial charge in [0.15, 0.2) is 0 Å². The van der Waals surface area contributed by atoms with E-state index in [1.807, 2.05) is 77.7 Å². The summed E-state index contributed by atoms with van der Waals surface area (Å²) in [6.45, 7) is 2.08. The van der Waals surface area contributed by atoms with E-state index in [9.17, 15) is 9.59 Å². The van der Waals surface area contributed by atoms with Crippen molar-refractivity contribution in [1.29, 1.82) is 0 Å². The molecule has 0 aliphatic carbocycles. The van der Waals surface area contributed by atoms with E-state index in [1.54, 1.807) is 6.07 Å². The summed E-state index contributed by atoms with van der Waals surface area (Å²) in [6, 6.07) is 24.7. The van der Waals surface area contributed by atoms with E-state index < -0.39 is 0 Å². The van der Waals surface area contributed by atoms with Gasteiger partial charge >= 0.3 is 0 Å². The van der Waals surface area contributed by atoms with Crippen molar-refractivity contribution < 1.29 is 9.59 Å². The maximum absolute atomic E-state index is 12.8. The predicted molar refractivity (Wildman–Crippen MR) is 124 cm³/mol. The average Bonchev–Trinajstić information content (AvgIpc) is 2.84. The van der Waals surface area contributed by atoms with Crippen LogP contribution >= 0.6 is 0 Å². The van der Waals surface area contributed by atoms with Crippen LogP contribution in [0.5, 0.6) is 0 Å². The maximum Gasteiger partial charge on any atom is 0.253 e. The van der Waals surface area contributed by atoms with Gasteiger partial charge in [0.25, 0.3) is 11.8 Å². The van der Waals surface area contributed by atoms with E-state index in [1.165, 1.54) is 6.42 Å². The van der Waals surface area contributed by atoms with Gasteiger partial charge in [0, 0.05) is 30.9 Å². The van der Waals surface area contributed by atoms with Gasteiger partial charge in [0.05, 0.1) is 11.3 Å². The third-order valence-electron chi connectivity index (χ3n) is 5.52. The first kappa shape index (κ1) is 20.7. The highest BCUT2D eigenvalue weighted by molar-refractivity contribution is 6.00. The third-order valence-corrected chi connectivity index (χ3v) is 5.52. The van der Waals surface area contributed by atoms with Gasteiger partial charge in [-0.05, 0) is 61.2 Å². The Labute approximate surface area is 183 Å². The molecule has 1 aliphatic heterocycles. The summed E-state index contributed by atoms with van der Waals surface area (Å²) in [6.07, 6.45) is 3.36. The van der Waals surface area contributed by atoms with Crippen LogP contribution in [0, 0.1) is 0 Å². The molecule has 5 nitrogen and oxygen atoms in total. The number of nitrogens with one attached hydrogen (secondary N) is 2. The molecule has 0 aromatic heterocycles. The number of carbonyl (C=O) groups is 2. The molecule has 0 unspecified atom stereocenters. The van der Waals surface area contributed by atoms with Gasteiger partial charge in [-0.2, -0.15) is 0 Å². The summed E-state index contributed by atoms with van der Waals surface area (Å²) >= 11 is 0. The number of benzene rings is 3. The Morgan fingerprint density at radius 1 is 0.774 bits per heavy atom. The minimum Gasteiger partial charge on any atom is -0.355 e. The second-order valence-electron chi connectivity index (χ2n) is 7.77. The highest BCUT2D eigenvalue weighted by atomic mass is 16.2. The molecule has 3 aromatic rings. The third kappa shape index (κ3) is 5.31. The van der Waals surface area contributed by atoms with Crippen LogP contribution in [0.1, 0.15) is 45.5 Å². The topological polar surface area (TPSA) is 61.4 Å². The van der Waals surface area contributed by atoms with Crippen molar-refractivity contribution in [3.63, 3.8) is 0 Å². The smallest absolute Gasteiger partial charge is 0.253 e. The van der Waals surface area contributed by atoms with Crippen molar-refractivity contribution in [2.45, 2.75) is 25.8 Å². The lowest BCUT2D eigenvalue weighted by Crippen LogP contribution is -2.35. The summed E-state index contributed by atoms with van der Waals surface area (Å²) in [5.41, 5.74) is 3.93. The van der Waals surface area contributed by atoms with E-state index in [0.29, 0.717) is 17.7 Å². The quantitative estimate of drug-likeness (QED) is 0.599. The van der Waals surface area contributed by atoms with E-state index in [-0.39, 0.29) is 11.8 Å². The predicted octanol–water partition coefficient (Wildman–Crippen LogP) is 4.99. The number of nitrogens with zero attached hydrogens (tertiary/aromatic N) is 1. The lowest BCUT2D eigenvalue weighted by atomic mass is 10.1. The van der Waals surface area contributed by atoms with Crippen molar-refractivity contribution in [1.82, 2.24) is 10.2 Å². The largest absolute Gasteiger partial charge is 0.355 e. The second-order valence-corrected chi connectivity index (χ2v) is 7.77. The molecular weight excluding hydrogens is 386 g/mol. The van der Waals surface area contributed by atoms with Crippen LogP contribution in [-0.4, -0.2) is 29.8 Å².